The summed E-state index contributed by atoms with van der Waals surface area (Å²) < 4.78 is 0. The summed E-state index contributed by atoms with van der Waals surface area (Å²) in [6, 6.07) is 3.04. The minimum Gasteiger partial charge on any atom is -0.508 e. The van der Waals surface area contributed by atoms with Gasteiger partial charge in [-0.05, 0) is 141 Å². The summed E-state index contributed by atoms with van der Waals surface area (Å²) >= 11 is 0. The second-order valence-electron chi connectivity index (χ2n) is 18.5. The topological polar surface area (TPSA) is 249 Å². The van der Waals surface area contributed by atoms with Crippen LogP contribution in [0.5, 0.6) is 34.5 Å². The van der Waals surface area contributed by atoms with Gasteiger partial charge in [-0.2, -0.15) is 0 Å². The van der Waals surface area contributed by atoms with Gasteiger partial charge in [-0.15, -0.1) is 0 Å². The van der Waals surface area contributed by atoms with Crippen molar-refractivity contribution in [3.05, 3.63) is 34.4 Å². The zero-order valence-corrected chi connectivity index (χ0v) is 34.6. The lowest BCUT2D eigenvalue weighted by Gasteiger charge is -2.19. The molecule has 4 fully saturated rings. The minimum atomic E-state index is -0.819. The van der Waals surface area contributed by atoms with E-state index in [1.807, 2.05) is 0 Å². The summed E-state index contributed by atoms with van der Waals surface area (Å²) in [5.41, 5.74) is -1.40. The third-order valence-electron chi connectivity index (χ3n) is 14.1. The minimum absolute atomic E-state index is 0.0736. The average Bonchev–Trinajstić information content (AvgIpc) is 4.01. The number of unbranched alkanes of at least 4 members (excludes halogenated alkanes) is 6. The Morgan fingerprint density at radius 2 is 0.800 bits per heavy atom. The highest BCUT2D eigenvalue weighted by Gasteiger charge is 2.51. The van der Waals surface area contributed by atoms with E-state index < -0.39 is 51.3 Å². The Morgan fingerprint density at radius 3 is 1.23 bits per heavy atom. The first-order valence-electron chi connectivity index (χ1n) is 22.0. The molecule has 4 saturated carbocycles. The smallest absolute Gasteiger partial charge is 0.309 e. The van der Waals surface area contributed by atoms with Crippen molar-refractivity contribution in [3.63, 3.8) is 0 Å². The number of carboxylic acid groups (broad SMARTS) is 4. The van der Waals surface area contributed by atoms with Crippen LogP contribution in [0.4, 0.5) is 0 Å². The third-order valence-corrected chi connectivity index (χ3v) is 14.1. The maximum absolute atomic E-state index is 11.8. The van der Waals surface area contributed by atoms with E-state index in [0.717, 1.165) is 0 Å². The van der Waals surface area contributed by atoms with Crippen molar-refractivity contribution in [2.45, 2.75) is 167 Å². The molecule has 0 amide bonds. The van der Waals surface area contributed by atoms with E-state index in [1.54, 1.807) is 6.07 Å². The molecule has 60 heavy (non-hydrogen) atoms. The van der Waals surface area contributed by atoms with Crippen LogP contribution in [0, 0.1) is 21.7 Å². The summed E-state index contributed by atoms with van der Waals surface area (Å²) in [6.07, 6.45) is 14.5. The maximum Gasteiger partial charge on any atom is 0.309 e. The summed E-state index contributed by atoms with van der Waals surface area (Å²) in [6.45, 7) is 0. The Hall–Kier alpha value is -4.88. The SMILES string of the molecule is O=C(O)C1(CCCCCc2cc(OOc3c(O)c(CCCCC4(C(=O)O)CC4)cc(O)c3CCCCCC3(C(=O)O)CC3)c(CCCCC3(C(=O)O)CC3)c(O)c2O)CC1. The molecule has 4 aliphatic carbocycles. The molecule has 0 bridgehead atoms. The van der Waals surface area contributed by atoms with Crippen LogP contribution in [0.3, 0.4) is 0 Å². The number of aryl methyl sites for hydroxylation is 2. The maximum atomic E-state index is 11.8. The fourth-order valence-electron chi connectivity index (χ4n) is 8.89. The molecule has 0 atom stereocenters. The number of phenols is 4. The molecule has 0 saturated heterocycles. The van der Waals surface area contributed by atoms with Gasteiger partial charge in [0.2, 0.25) is 5.75 Å². The number of hydrogen-bond donors (Lipinski definition) is 8. The number of hydrogen-bond acceptors (Lipinski definition) is 10. The van der Waals surface area contributed by atoms with Gasteiger partial charge < -0.3 is 40.9 Å². The van der Waals surface area contributed by atoms with Gasteiger partial charge in [-0.3, -0.25) is 29.0 Å². The molecule has 14 nitrogen and oxygen atoms in total. The Bertz CT molecular complexity index is 1920. The van der Waals surface area contributed by atoms with Crippen LogP contribution >= 0.6 is 0 Å². The quantitative estimate of drug-likeness (QED) is 0.0125. The van der Waals surface area contributed by atoms with Crippen LogP contribution < -0.4 is 9.78 Å². The normalized spacial score (nSPS) is 18.3. The molecule has 8 N–H and O–H groups in total. The third kappa shape index (κ3) is 10.3. The number of rotatable bonds is 29. The zero-order valence-electron chi connectivity index (χ0n) is 34.6. The van der Waals surface area contributed by atoms with Crippen LogP contribution in [0.25, 0.3) is 0 Å². The molecule has 330 valence electrons. The number of phenolic OH excluding ortho intramolecular Hbond substituents is 4. The van der Waals surface area contributed by atoms with Crippen LogP contribution in [0.2, 0.25) is 0 Å². The molecule has 0 unspecified atom stereocenters. The Balaban J connectivity index is 1.19. The molecule has 0 spiro atoms. The highest BCUT2D eigenvalue weighted by atomic mass is 17.2. The standard InChI is InChI=1S/C46H62O14/c47-33-27-29(12-5-9-17-45(23-24-45)41(55)56)36(49)38(31(33)13-4-2-8-16-44(21-22-44)40(53)54)60-59-34-28-30(11-3-1-7-15-43(19-20-43)39(51)52)35(48)37(50)32(34)14-6-10-18-46(25-26-46)42(57)58/h27-28,47-50H,1-26H2,(H,51,52)(H,53,54)(H,55,56)(H,57,58). The zero-order chi connectivity index (χ0) is 43.3. The van der Waals surface area contributed by atoms with Crippen LogP contribution in [-0.4, -0.2) is 64.7 Å². The number of aromatic hydroxyl groups is 4. The number of aliphatic carboxylic acids is 4. The van der Waals surface area contributed by atoms with Gasteiger partial charge in [-0.25, -0.2) is 0 Å². The lowest BCUT2D eigenvalue weighted by molar-refractivity contribution is -0.144. The Kier molecular flexibility index (Phi) is 13.7. The van der Waals surface area contributed by atoms with Crippen LogP contribution in [-0.2, 0) is 44.9 Å². The highest BCUT2D eigenvalue weighted by Crippen LogP contribution is 2.53. The van der Waals surface area contributed by atoms with Gasteiger partial charge in [-0.1, -0.05) is 38.5 Å². The fourth-order valence-corrected chi connectivity index (χ4v) is 8.89. The Morgan fingerprint density at radius 1 is 0.433 bits per heavy atom. The lowest BCUT2D eigenvalue weighted by atomic mass is 9.94. The molecule has 0 heterocycles. The van der Waals surface area contributed by atoms with Crippen molar-refractivity contribution in [2.24, 2.45) is 21.7 Å². The van der Waals surface area contributed by atoms with Gasteiger partial charge >= 0.3 is 23.9 Å². The van der Waals surface area contributed by atoms with Gasteiger partial charge in [0.15, 0.2) is 23.0 Å². The van der Waals surface area contributed by atoms with E-state index in [2.05, 4.69) is 0 Å². The molecule has 14 heteroatoms. The number of benzene rings is 2. The van der Waals surface area contributed by atoms with Gasteiger partial charge in [0, 0.05) is 22.3 Å². The first-order chi connectivity index (χ1) is 28.6. The van der Waals surface area contributed by atoms with Crippen molar-refractivity contribution in [1.82, 2.24) is 0 Å². The number of carbonyl (C=O) groups is 4. The van der Waals surface area contributed by atoms with Gasteiger partial charge in [0.05, 0.1) is 21.7 Å². The summed E-state index contributed by atoms with van der Waals surface area (Å²) in [7, 11) is 0. The van der Waals surface area contributed by atoms with E-state index in [1.165, 1.54) is 6.07 Å². The van der Waals surface area contributed by atoms with Gasteiger partial charge in [0.1, 0.15) is 5.75 Å². The highest BCUT2D eigenvalue weighted by molar-refractivity contribution is 5.79. The van der Waals surface area contributed by atoms with Crippen molar-refractivity contribution >= 4 is 23.9 Å². The summed E-state index contributed by atoms with van der Waals surface area (Å²) in [5, 5.41) is 83.8. The Labute approximate surface area is 350 Å². The summed E-state index contributed by atoms with van der Waals surface area (Å²) in [5.74, 6) is -4.32. The second-order valence-corrected chi connectivity index (χ2v) is 18.5. The largest absolute Gasteiger partial charge is 0.508 e. The molecular formula is C46H62O14. The molecule has 0 aliphatic heterocycles. The monoisotopic (exact) mass is 838 g/mol. The predicted octanol–water partition coefficient (Wildman–Crippen LogP) is 8.97. The predicted molar refractivity (Wildman–Crippen MR) is 217 cm³/mol. The lowest BCUT2D eigenvalue weighted by Crippen LogP contribution is -2.14. The average molecular weight is 839 g/mol. The van der Waals surface area contributed by atoms with E-state index in [9.17, 15) is 60.0 Å². The molecule has 0 aromatic heterocycles. The van der Waals surface area contributed by atoms with Crippen LogP contribution in [0.15, 0.2) is 12.1 Å². The molecule has 2 aromatic rings. The van der Waals surface area contributed by atoms with Crippen LogP contribution in [0.1, 0.15) is 164 Å². The van der Waals surface area contributed by atoms with E-state index in [-0.39, 0.29) is 52.7 Å². The molecule has 0 radical (unpaired) electrons. The first-order valence-corrected chi connectivity index (χ1v) is 22.0. The number of carboxylic acids is 4. The molecule has 6 rings (SSSR count). The molecule has 4 aliphatic rings. The first kappa shape index (κ1) is 44.7. The molecule has 2 aromatic carbocycles. The van der Waals surface area contributed by atoms with E-state index in [4.69, 9.17) is 9.78 Å². The van der Waals surface area contributed by atoms with E-state index >= 15 is 0 Å². The fraction of sp³-hybridized carbons (Fsp3) is 0.652. The second kappa shape index (κ2) is 18.4. The van der Waals surface area contributed by atoms with Crippen molar-refractivity contribution in [1.29, 1.82) is 0 Å². The van der Waals surface area contributed by atoms with Crippen molar-refractivity contribution in [3.8, 4) is 34.5 Å². The van der Waals surface area contributed by atoms with Crippen molar-refractivity contribution < 1.29 is 69.8 Å². The molecular weight excluding hydrogens is 776 g/mol. The van der Waals surface area contributed by atoms with Crippen molar-refractivity contribution in [2.75, 3.05) is 0 Å². The summed E-state index contributed by atoms with van der Waals surface area (Å²) in [4.78, 5) is 58.6. The van der Waals surface area contributed by atoms with Gasteiger partial charge in [0.25, 0.3) is 0 Å². The van der Waals surface area contributed by atoms with E-state index in [0.29, 0.717) is 165 Å².